The summed E-state index contributed by atoms with van der Waals surface area (Å²) in [5.41, 5.74) is 0. The fraction of sp³-hybridized carbons (Fsp3) is 0.562. The number of furan rings is 1. The van der Waals surface area contributed by atoms with Crippen molar-refractivity contribution in [3.05, 3.63) is 18.4 Å². The van der Waals surface area contributed by atoms with E-state index in [4.69, 9.17) is 4.42 Å². The molecule has 0 atom stereocenters. The number of aromatic nitrogens is 3. The molecule has 0 saturated carbocycles. The van der Waals surface area contributed by atoms with Gasteiger partial charge in [0.05, 0.1) is 17.8 Å². The molecule has 2 aromatic heterocycles. The highest BCUT2D eigenvalue weighted by Gasteiger charge is 2.28. The zero-order valence-electron chi connectivity index (χ0n) is 15.4. The number of nitrogens with zero attached hydrogens (tertiary/aromatic N) is 5. The Morgan fingerprint density at radius 1 is 1.22 bits per heavy atom. The molecule has 148 valence electrons. The van der Waals surface area contributed by atoms with Crippen LogP contribution in [-0.2, 0) is 21.4 Å². The molecule has 9 nitrogen and oxygen atoms in total. The van der Waals surface area contributed by atoms with Gasteiger partial charge in [-0.3, -0.25) is 9.36 Å². The number of carbonyl (C=O) groups is 1. The zero-order chi connectivity index (χ0) is 19.4. The molecule has 27 heavy (non-hydrogen) atoms. The lowest BCUT2D eigenvalue weighted by molar-refractivity contribution is -0.129. The van der Waals surface area contributed by atoms with E-state index in [0.717, 1.165) is 0 Å². The molecule has 1 aliphatic heterocycles. The number of amides is 1. The average molecular weight is 414 g/mol. The second-order valence-corrected chi connectivity index (χ2v) is 9.20. The van der Waals surface area contributed by atoms with Crippen molar-refractivity contribution in [2.75, 3.05) is 37.7 Å². The molecule has 3 rings (SSSR count). The Hall–Kier alpha value is -1.85. The van der Waals surface area contributed by atoms with Crippen LogP contribution in [-0.4, -0.2) is 76.0 Å². The maximum Gasteiger partial charge on any atom is 0.233 e. The number of piperazine rings is 1. The summed E-state index contributed by atoms with van der Waals surface area (Å²) in [5.74, 6) is 1.56. The maximum atomic E-state index is 12.5. The summed E-state index contributed by atoms with van der Waals surface area (Å²) in [7, 11) is -3.19. The quantitative estimate of drug-likeness (QED) is 0.627. The molecule has 3 heterocycles. The predicted molar refractivity (Wildman–Crippen MR) is 102 cm³/mol. The Morgan fingerprint density at radius 2 is 1.96 bits per heavy atom. The summed E-state index contributed by atoms with van der Waals surface area (Å²) < 4.78 is 32.5. The fourth-order valence-electron chi connectivity index (χ4n) is 2.88. The zero-order valence-corrected chi connectivity index (χ0v) is 17.0. The molecule has 0 aromatic carbocycles. The highest BCUT2D eigenvalue weighted by atomic mass is 32.2. The molecule has 0 bridgehead atoms. The van der Waals surface area contributed by atoms with Crippen LogP contribution in [0, 0.1) is 0 Å². The van der Waals surface area contributed by atoms with E-state index in [1.54, 1.807) is 24.2 Å². The second kappa shape index (κ2) is 8.44. The van der Waals surface area contributed by atoms with Gasteiger partial charge in [-0.2, -0.15) is 4.31 Å². The standard InChI is InChI=1S/C16H23N5O4S2/c1-3-21-15(13-6-5-11-25-13)17-18-16(21)26-12-14(22)19-7-9-20(10-8-19)27(23,24)4-2/h5-6,11H,3-4,7-10,12H2,1-2H3. The number of carbonyl (C=O) groups excluding carboxylic acids is 1. The Bertz CT molecular complexity index is 871. The van der Waals surface area contributed by atoms with Gasteiger partial charge in [-0.25, -0.2) is 8.42 Å². The minimum Gasteiger partial charge on any atom is -0.461 e. The monoisotopic (exact) mass is 413 g/mol. The van der Waals surface area contributed by atoms with Gasteiger partial charge in [-0.15, -0.1) is 10.2 Å². The highest BCUT2D eigenvalue weighted by Crippen LogP contribution is 2.24. The Balaban J connectivity index is 1.57. The second-order valence-electron chi connectivity index (χ2n) is 6.00. The Morgan fingerprint density at radius 3 is 2.56 bits per heavy atom. The van der Waals surface area contributed by atoms with Crippen LogP contribution in [0.3, 0.4) is 0 Å². The lowest BCUT2D eigenvalue weighted by Crippen LogP contribution is -2.51. The Kier molecular flexibility index (Phi) is 6.22. The van der Waals surface area contributed by atoms with Crippen LogP contribution < -0.4 is 0 Å². The molecule has 0 unspecified atom stereocenters. The first-order chi connectivity index (χ1) is 13.0. The maximum absolute atomic E-state index is 12.5. The molecule has 0 N–H and O–H groups in total. The first-order valence-corrected chi connectivity index (χ1v) is 11.4. The third kappa shape index (κ3) is 4.36. The Labute approximate surface area is 162 Å². The van der Waals surface area contributed by atoms with Crippen molar-refractivity contribution in [3.63, 3.8) is 0 Å². The van der Waals surface area contributed by atoms with Gasteiger partial charge in [0.15, 0.2) is 16.7 Å². The van der Waals surface area contributed by atoms with Crippen molar-refractivity contribution in [3.8, 4) is 11.6 Å². The van der Waals surface area contributed by atoms with Gasteiger partial charge in [-0.1, -0.05) is 11.8 Å². The van der Waals surface area contributed by atoms with Crippen LogP contribution in [0.15, 0.2) is 28.0 Å². The molecular weight excluding hydrogens is 390 g/mol. The molecule has 1 aliphatic rings. The van der Waals surface area contributed by atoms with Crippen LogP contribution in [0.2, 0.25) is 0 Å². The third-order valence-corrected chi connectivity index (χ3v) is 7.28. The molecule has 2 aromatic rings. The molecule has 0 aliphatic carbocycles. The molecule has 1 fully saturated rings. The van der Waals surface area contributed by atoms with Crippen molar-refractivity contribution in [1.29, 1.82) is 0 Å². The smallest absolute Gasteiger partial charge is 0.233 e. The van der Waals surface area contributed by atoms with Gasteiger partial charge < -0.3 is 9.32 Å². The predicted octanol–water partition coefficient (Wildman–Crippen LogP) is 1.14. The largest absolute Gasteiger partial charge is 0.461 e. The average Bonchev–Trinajstić information content (AvgIpc) is 3.35. The van der Waals surface area contributed by atoms with E-state index in [2.05, 4.69) is 10.2 Å². The third-order valence-electron chi connectivity index (χ3n) is 4.45. The minimum absolute atomic E-state index is 0.0289. The summed E-state index contributed by atoms with van der Waals surface area (Å²) in [6.07, 6.45) is 1.58. The van der Waals surface area contributed by atoms with Gasteiger partial charge in [-0.05, 0) is 26.0 Å². The molecule has 1 amide bonds. The number of hydrogen-bond acceptors (Lipinski definition) is 7. The lowest BCUT2D eigenvalue weighted by atomic mass is 10.3. The summed E-state index contributed by atoms with van der Waals surface area (Å²) >= 11 is 1.33. The lowest BCUT2D eigenvalue weighted by Gasteiger charge is -2.33. The van der Waals surface area contributed by atoms with Crippen molar-refractivity contribution in [1.82, 2.24) is 24.0 Å². The van der Waals surface area contributed by atoms with E-state index in [1.807, 2.05) is 17.6 Å². The van der Waals surface area contributed by atoms with E-state index in [0.29, 0.717) is 49.5 Å². The van der Waals surface area contributed by atoms with Gasteiger partial charge >= 0.3 is 0 Å². The van der Waals surface area contributed by atoms with Gasteiger partial charge in [0.1, 0.15) is 0 Å². The molecule has 0 spiro atoms. The SMILES string of the molecule is CCn1c(SCC(=O)N2CCN(S(=O)(=O)CC)CC2)nnc1-c1ccco1. The van der Waals surface area contributed by atoms with Crippen molar-refractivity contribution in [2.24, 2.45) is 0 Å². The topological polar surface area (TPSA) is 102 Å². The van der Waals surface area contributed by atoms with Crippen LogP contribution in [0.25, 0.3) is 11.6 Å². The van der Waals surface area contributed by atoms with Gasteiger partial charge in [0.2, 0.25) is 15.9 Å². The summed E-state index contributed by atoms with van der Waals surface area (Å²) in [5, 5.41) is 9.00. The van der Waals surface area contributed by atoms with Crippen molar-refractivity contribution >= 4 is 27.7 Å². The van der Waals surface area contributed by atoms with Crippen molar-refractivity contribution in [2.45, 2.75) is 25.5 Å². The molecule has 0 radical (unpaired) electrons. The van der Waals surface area contributed by atoms with Crippen LogP contribution >= 0.6 is 11.8 Å². The normalized spacial score (nSPS) is 16.0. The first kappa shape index (κ1) is 19.9. The van der Waals surface area contributed by atoms with E-state index < -0.39 is 10.0 Å². The van der Waals surface area contributed by atoms with E-state index >= 15 is 0 Å². The summed E-state index contributed by atoms with van der Waals surface area (Å²) in [6.45, 7) is 5.79. The van der Waals surface area contributed by atoms with E-state index in [9.17, 15) is 13.2 Å². The van der Waals surface area contributed by atoms with E-state index in [1.165, 1.54) is 16.1 Å². The number of thioether (sulfide) groups is 1. The fourth-order valence-corrected chi connectivity index (χ4v) is 4.87. The van der Waals surface area contributed by atoms with Crippen LogP contribution in [0.4, 0.5) is 0 Å². The van der Waals surface area contributed by atoms with Gasteiger partial charge in [0.25, 0.3) is 0 Å². The van der Waals surface area contributed by atoms with Gasteiger partial charge in [0, 0.05) is 32.7 Å². The molecule has 1 saturated heterocycles. The highest BCUT2D eigenvalue weighted by molar-refractivity contribution is 7.99. The van der Waals surface area contributed by atoms with Crippen LogP contribution in [0.5, 0.6) is 0 Å². The minimum atomic E-state index is -3.19. The molecule has 11 heteroatoms. The first-order valence-electron chi connectivity index (χ1n) is 8.81. The number of sulfonamides is 1. The molecular formula is C16H23N5O4S2. The summed E-state index contributed by atoms with van der Waals surface area (Å²) in [6, 6.07) is 3.61. The number of rotatable bonds is 7. The summed E-state index contributed by atoms with van der Waals surface area (Å²) in [4.78, 5) is 14.2. The van der Waals surface area contributed by atoms with Crippen LogP contribution in [0.1, 0.15) is 13.8 Å². The van der Waals surface area contributed by atoms with E-state index in [-0.39, 0.29) is 17.4 Å². The van der Waals surface area contributed by atoms with Crippen molar-refractivity contribution < 1.29 is 17.6 Å². The number of hydrogen-bond donors (Lipinski definition) is 0.